The largest absolute Gasteiger partial charge is 0.494 e. The number of carbonyl (C=O) groups is 3. The van der Waals surface area contributed by atoms with Crippen molar-refractivity contribution in [1.82, 2.24) is 5.32 Å². The van der Waals surface area contributed by atoms with Gasteiger partial charge in [0.1, 0.15) is 11.8 Å². The van der Waals surface area contributed by atoms with Gasteiger partial charge in [-0.3, -0.25) is 9.18 Å². The number of benzene rings is 1. The van der Waals surface area contributed by atoms with Gasteiger partial charge >= 0.3 is 11.9 Å². The lowest BCUT2D eigenvalue weighted by Gasteiger charge is -2.30. The van der Waals surface area contributed by atoms with Gasteiger partial charge in [-0.2, -0.15) is 0 Å². The van der Waals surface area contributed by atoms with E-state index in [0.717, 1.165) is 45.6 Å². The van der Waals surface area contributed by atoms with Crippen LogP contribution in [0.5, 0.6) is 5.75 Å². The van der Waals surface area contributed by atoms with Crippen LogP contribution in [0.15, 0.2) is 36.4 Å². The first kappa shape index (κ1) is 41.9. The molecule has 47 heavy (non-hydrogen) atoms. The van der Waals surface area contributed by atoms with E-state index in [9.17, 15) is 37.8 Å². The van der Waals surface area contributed by atoms with Crippen molar-refractivity contribution in [1.29, 1.82) is 0 Å². The molecule has 0 saturated heterocycles. The molecule has 11 heteroatoms. The van der Waals surface area contributed by atoms with Crippen LogP contribution < -0.4 is 10.1 Å². The second-order valence-corrected chi connectivity index (χ2v) is 12.2. The number of methoxy groups -OCH3 is 1. The number of aliphatic hydroxyl groups is 1. The van der Waals surface area contributed by atoms with E-state index in [1.54, 1.807) is 24.3 Å². The number of carbonyl (C=O) groups excluding carboxylic acids is 2. The van der Waals surface area contributed by atoms with Gasteiger partial charge in [0.15, 0.2) is 5.60 Å². The highest BCUT2D eigenvalue weighted by Gasteiger charge is 2.47. The van der Waals surface area contributed by atoms with Crippen LogP contribution in [0, 0.1) is 5.92 Å². The Morgan fingerprint density at radius 3 is 2.04 bits per heavy atom. The van der Waals surface area contributed by atoms with Crippen LogP contribution in [0.2, 0.25) is 0 Å². The highest BCUT2D eigenvalue weighted by molar-refractivity contribution is 5.92. The van der Waals surface area contributed by atoms with E-state index in [4.69, 9.17) is 9.47 Å². The molecule has 0 aliphatic heterocycles. The molecule has 1 amide bonds. The number of unbranched alkanes of at least 4 members (excludes halogenated alkanes) is 9. The lowest BCUT2D eigenvalue weighted by molar-refractivity contribution is -0.168. The van der Waals surface area contributed by atoms with Crippen LogP contribution >= 0.6 is 0 Å². The number of carboxylic acid groups (broad SMARTS) is 1. The van der Waals surface area contributed by atoms with E-state index >= 15 is 0 Å². The maximum Gasteiger partial charge on any atom is 0.336 e. The summed E-state index contributed by atoms with van der Waals surface area (Å²) in [6.07, 6.45) is 10.6. The number of alkyl halides is 3. The molecule has 1 aromatic carbocycles. The summed E-state index contributed by atoms with van der Waals surface area (Å²) in [4.78, 5) is 38.1. The third-order valence-corrected chi connectivity index (χ3v) is 8.21. The smallest absolute Gasteiger partial charge is 0.336 e. The molecule has 1 aromatic rings. The van der Waals surface area contributed by atoms with Crippen molar-refractivity contribution in [3.63, 3.8) is 0 Å². The van der Waals surface area contributed by atoms with Crippen molar-refractivity contribution in [2.45, 2.75) is 134 Å². The third-order valence-electron chi connectivity index (χ3n) is 8.21. The molecule has 1 rings (SSSR count). The van der Waals surface area contributed by atoms with Crippen molar-refractivity contribution < 1.29 is 47.2 Å². The average Bonchev–Trinajstić information content (AvgIpc) is 3.04. The molecule has 0 radical (unpaired) electrons. The average molecular weight is 672 g/mol. The summed E-state index contributed by atoms with van der Waals surface area (Å²) in [5.41, 5.74) is -2.10. The van der Waals surface area contributed by atoms with E-state index in [1.165, 1.54) is 12.2 Å². The summed E-state index contributed by atoms with van der Waals surface area (Å²) in [5, 5.41) is 23.2. The molecule has 3 N–H and O–H groups in total. The number of ether oxygens (including phenoxy) is 2. The predicted molar refractivity (Wildman–Crippen MR) is 176 cm³/mol. The van der Waals surface area contributed by atoms with Crippen LogP contribution in [0.3, 0.4) is 0 Å². The van der Waals surface area contributed by atoms with Gasteiger partial charge in [0.25, 0.3) is 0 Å². The number of esters is 1. The fraction of sp³-hybridized carbons (Fsp3) is 0.694. The van der Waals surface area contributed by atoms with Crippen LogP contribution in [0.4, 0.5) is 13.2 Å². The van der Waals surface area contributed by atoms with Gasteiger partial charge in [-0.1, -0.05) is 83.1 Å². The Hall–Kier alpha value is -3.08. The zero-order chi connectivity index (χ0) is 35.1. The second kappa shape index (κ2) is 23.3. The van der Waals surface area contributed by atoms with Crippen molar-refractivity contribution >= 4 is 17.8 Å². The first-order valence-electron chi connectivity index (χ1n) is 17.1. The standard InChI is InChI=1S/C36H56F3NO7/c1-4-6-8-12-15-22-35(38,39)23-16-13-10-9-11-14-17-30(36(45,24-25-37)34(43)44)32(41)40-31(33(42)46-3)27-28-18-20-29(21-19-28)47-26-7-5-2/h14,17-21,30-31,45H,4-13,15-16,22-27H2,1-3H3,(H,40,41)(H,43,44)/b17-14+/t30-,31+,36+/m1/s1. The van der Waals surface area contributed by atoms with Gasteiger partial charge in [0, 0.05) is 25.7 Å². The van der Waals surface area contributed by atoms with Gasteiger partial charge in [0.05, 0.1) is 26.3 Å². The topological polar surface area (TPSA) is 122 Å². The zero-order valence-corrected chi connectivity index (χ0v) is 28.4. The molecule has 0 aromatic heterocycles. The summed E-state index contributed by atoms with van der Waals surface area (Å²) in [7, 11) is 1.15. The third kappa shape index (κ3) is 16.5. The van der Waals surface area contributed by atoms with Gasteiger partial charge in [-0.25, -0.2) is 18.4 Å². The molecule has 0 fully saturated rings. The first-order valence-corrected chi connectivity index (χ1v) is 17.1. The molecule has 0 heterocycles. The minimum Gasteiger partial charge on any atom is -0.494 e. The van der Waals surface area contributed by atoms with Crippen molar-refractivity contribution in [3.8, 4) is 5.75 Å². The number of hydrogen-bond acceptors (Lipinski definition) is 6. The van der Waals surface area contributed by atoms with Crippen LogP contribution in [-0.2, 0) is 25.5 Å². The van der Waals surface area contributed by atoms with Gasteiger partial charge in [0.2, 0.25) is 11.8 Å². The predicted octanol–water partition coefficient (Wildman–Crippen LogP) is 7.75. The zero-order valence-electron chi connectivity index (χ0n) is 28.4. The number of aliphatic carboxylic acids is 1. The van der Waals surface area contributed by atoms with Gasteiger partial charge < -0.3 is 25.0 Å². The highest BCUT2D eigenvalue weighted by atomic mass is 19.3. The fourth-order valence-corrected chi connectivity index (χ4v) is 5.24. The lowest BCUT2D eigenvalue weighted by atomic mass is 9.83. The van der Waals surface area contributed by atoms with E-state index in [-0.39, 0.29) is 19.3 Å². The number of hydrogen-bond donors (Lipinski definition) is 3. The number of allylic oxidation sites excluding steroid dienone is 1. The molecule has 0 saturated carbocycles. The summed E-state index contributed by atoms with van der Waals surface area (Å²) < 4.78 is 52.2. The molecule has 0 unspecified atom stereocenters. The van der Waals surface area contributed by atoms with E-state index in [2.05, 4.69) is 19.2 Å². The number of rotatable bonds is 27. The molecule has 0 aliphatic carbocycles. The number of nitrogens with one attached hydrogen (secondary N) is 1. The minimum absolute atomic E-state index is 0.0105. The van der Waals surface area contributed by atoms with Gasteiger partial charge in [-0.05, 0) is 49.8 Å². The number of amides is 1. The Morgan fingerprint density at radius 2 is 1.49 bits per heavy atom. The molecular formula is C36H56F3NO7. The Bertz CT molecular complexity index is 1070. The van der Waals surface area contributed by atoms with E-state index < -0.39 is 54.4 Å². The molecule has 3 atom stereocenters. The lowest BCUT2D eigenvalue weighted by Crippen LogP contribution is -2.55. The Kier molecular flexibility index (Phi) is 20.8. The normalized spacial score (nSPS) is 14.4. The number of halogens is 3. The highest BCUT2D eigenvalue weighted by Crippen LogP contribution is 2.29. The van der Waals surface area contributed by atoms with Crippen molar-refractivity contribution in [3.05, 3.63) is 42.0 Å². The first-order chi connectivity index (χ1) is 22.4. The summed E-state index contributed by atoms with van der Waals surface area (Å²) in [5.74, 6) is -7.27. The Labute approximate surface area is 278 Å². The van der Waals surface area contributed by atoms with Crippen LogP contribution in [-0.4, -0.2) is 66.0 Å². The number of carboxylic acids is 1. The fourth-order valence-electron chi connectivity index (χ4n) is 5.24. The Morgan fingerprint density at radius 1 is 0.894 bits per heavy atom. The quantitative estimate of drug-likeness (QED) is 0.0497. The van der Waals surface area contributed by atoms with Crippen molar-refractivity contribution in [2.75, 3.05) is 20.4 Å². The molecule has 0 aliphatic rings. The molecular weight excluding hydrogens is 615 g/mol. The van der Waals surface area contributed by atoms with Crippen LogP contribution in [0.1, 0.15) is 116 Å². The maximum atomic E-state index is 14.1. The molecule has 0 spiro atoms. The van der Waals surface area contributed by atoms with Crippen molar-refractivity contribution in [2.24, 2.45) is 5.92 Å². The molecule has 268 valence electrons. The summed E-state index contributed by atoms with van der Waals surface area (Å²) in [6.45, 7) is 3.50. The summed E-state index contributed by atoms with van der Waals surface area (Å²) >= 11 is 0. The van der Waals surface area contributed by atoms with Crippen LogP contribution in [0.25, 0.3) is 0 Å². The summed E-state index contributed by atoms with van der Waals surface area (Å²) in [6, 6.07) is 5.71. The van der Waals surface area contributed by atoms with E-state index in [1.807, 2.05) is 0 Å². The van der Waals surface area contributed by atoms with E-state index in [0.29, 0.717) is 56.4 Å². The SMILES string of the molecule is CCCCCCCC(F)(F)CCCCCC/C=C/[C@H](C(=O)N[C@@H](Cc1ccc(OCCCC)cc1)C(=O)OC)[C@@](O)(CCF)C(=O)O. The maximum absolute atomic E-state index is 14.1. The second-order valence-electron chi connectivity index (χ2n) is 12.2. The minimum atomic E-state index is -2.77. The molecule has 8 nitrogen and oxygen atoms in total. The Balaban J connectivity index is 2.83. The monoisotopic (exact) mass is 671 g/mol. The molecule has 0 bridgehead atoms. The van der Waals surface area contributed by atoms with Gasteiger partial charge in [-0.15, -0.1) is 0 Å².